The molecule has 0 aromatic rings. The summed E-state index contributed by atoms with van der Waals surface area (Å²) in [6.45, 7) is 2.17. The fourth-order valence-electron chi connectivity index (χ4n) is 1.10. The van der Waals surface area contributed by atoms with Gasteiger partial charge in [-0.2, -0.15) is 0 Å². The Morgan fingerprint density at radius 1 is 1.53 bits per heavy atom. The molecule has 0 aromatic heterocycles. The van der Waals surface area contributed by atoms with Gasteiger partial charge in [-0.25, -0.2) is 9.59 Å². The molecule has 0 spiro atoms. The van der Waals surface area contributed by atoms with Crippen LogP contribution in [0, 0.1) is 0 Å². The lowest BCUT2D eigenvalue weighted by atomic mass is 10.3. The van der Waals surface area contributed by atoms with Gasteiger partial charge in [0.25, 0.3) is 0 Å². The molecule has 15 heavy (non-hydrogen) atoms. The number of carboxylic acids is 1. The molecule has 0 heterocycles. The van der Waals surface area contributed by atoms with E-state index in [9.17, 15) is 9.59 Å². The van der Waals surface area contributed by atoms with E-state index in [-0.39, 0.29) is 6.10 Å². The minimum absolute atomic E-state index is 0.0873. The Labute approximate surface area is 88.0 Å². The SMILES string of the molecule is COC(C)CNC(=O)NC1(C(=O)O)CC1. The van der Waals surface area contributed by atoms with Crippen LogP contribution in [0.1, 0.15) is 19.8 Å². The molecule has 1 rings (SSSR count). The number of methoxy groups -OCH3 is 1. The van der Waals surface area contributed by atoms with Crippen molar-refractivity contribution in [1.29, 1.82) is 0 Å². The average Bonchev–Trinajstić information content (AvgIpc) is 2.95. The Hall–Kier alpha value is -1.30. The average molecular weight is 216 g/mol. The smallest absolute Gasteiger partial charge is 0.329 e. The molecule has 6 nitrogen and oxygen atoms in total. The number of carbonyl (C=O) groups excluding carboxylic acids is 1. The third kappa shape index (κ3) is 3.09. The molecule has 1 saturated carbocycles. The number of carbonyl (C=O) groups is 2. The summed E-state index contributed by atoms with van der Waals surface area (Å²) in [5.74, 6) is -0.975. The topological polar surface area (TPSA) is 87.7 Å². The van der Waals surface area contributed by atoms with E-state index in [1.165, 1.54) is 0 Å². The maximum atomic E-state index is 11.3. The van der Waals surface area contributed by atoms with Gasteiger partial charge >= 0.3 is 12.0 Å². The van der Waals surface area contributed by atoms with E-state index in [4.69, 9.17) is 9.84 Å². The summed E-state index contributed by atoms with van der Waals surface area (Å²) in [5, 5.41) is 13.8. The van der Waals surface area contributed by atoms with E-state index in [0.29, 0.717) is 19.4 Å². The molecule has 0 bridgehead atoms. The minimum atomic E-state index is -1.03. The van der Waals surface area contributed by atoms with E-state index in [0.717, 1.165) is 0 Å². The van der Waals surface area contributed by atoms with Crippen molar-refractivity contribution in [3.8, 4) is 0 Å². The van der Waals surface area contributed by atoms with Crippen molar-refractivity contribution in [3.05, 3.63) is 0 Å². The van der Waals surface area contributed by atoms with Crippen molar-refractivity contribution < 1.29 is 19.4 Å². The Morgan fingerprint density at radius 3 is 2.53 bits per heavy atom. The number of urea groups is 1. The first-order valence-electron chi connectivity index (χ1n) is 4.82. The molecule has 0 aliphatic heterocycles. The first-order valence-corrected chi connectivity index (χ1v) is 4.82. The fraction of sp³-hybridized carbons (Fsp3) is 0.778. The van der Waals surface area contributed by atoms with Crippen LogP contribution in [0.15, 0.2) is 0 Å². The van der Waals surface area contributed by atoms with Crippen LogP contribution < -0.4 is 10.6 Å². The Bertz CT molecular complexity index is 263. The van der Waals surface area contributed by atoms with Crippen molar-refractivity contribution in [1.82, 2.24) is 10.6 Å². The fourth-order valence-corrected chi connectivity index (χ4v) is 1.10. The van der Waals surface area contributed by atoms with E-state index < -0.39 is 17.5 Å². The van der Waals surface area contributed by atoms with Crippen LogP contribution in [0.4, 0.5) is 4.79 Å². The molecule has 0 aromatic carbocycles. The van der Waals surface area contributed by atoms with Crippen LogP contribution in [0.5, 0.6) is 0 Å². The van der Waals surface area contributed by atoms with E-state index in [1.54, 1.807) is 7.11 Å². The number of hydrogen-bond acceptors (Lipinski definition) is 3. The molecule has 1 unspecified atom stereocenters. The van der Waals surface area contributed by atoms with Gasteiger partial charge in [0.05, 0.1) is 6.10 Å². The van der Waals surface area contributed by atoms with Gasteiger partial charge in [-0.3, -0.25) is 0 Å². The molecule has 3 N–H and O–H groups in total. The summed E-state index contributed by atoms with van der Waals surface area (Å²) < 4.78 is 4.93. The van der Waals surface area contributed by atoms with Crippen LogP contribution in [-0.2, 0) is 9.53 Å². The maximum absolute atomic E-state index is 11.3. The van der Waals surface area contributed by atoms with Crippen LogP contribution >= 0.6 is 0 Å². The summed E-state index contributed by atoms with van der Waals surface area (Å²) in [5.41, 5.74) is -1.03. The molecule has 0 radical (unpaired) electrons. The first kappa shape index (κ1) is 11.8. The van der Waals surface area contributed by atoms with Crippen molar-refractivity contribution >= 4 is 12.0 Å². The van der Waals surface area contributed by atoms with Crippen LogP contribution in [0.25, 0.3) is 0 Å². The third-order valence-electron chi connectivity index (χ3n) is 2.46. The molecule has 1 atom stereocenters. The summed E-state index contributed by atoms with van der Waals surface area (Å²) >= 11 is 0. The molecule has 6 heteroatoms. The molecular formula is C9H16N2O4. The number of ether oxygens (including phenoxy) is 1. The van der Waals surface area contributed by atoms with Crippen molar-refractivity contribution in [2.24, 2.45) is 0 Å². The Kier molecular flexibility index (Phi) is 3.52. The van der Waals surface area contributed by atoms with Gasteiger partial charge in [0.15, 0.2) is 0 Å². The summed E-state index contributed by atoms with van der Waals surface area (Å²) in [6, 6.07) is -0.459. The number of nitrogens with one attached hydrogen (secondary N) is 2. The zero-order valence-corrected chi connectivity index (χ0v) is 8.87. The molecular weight excluding hydrogens is 200 g/mol. The zero-order chi connectivity index (χ0) is 11.5. The van der Waals surface area contributed by atoms with Crippen LogP contribution in [0.3, 0.4) is 0 Å². The number of amides is 2. The number of hydrogen-bond donors (Lipinski definition) is 3. The molecule has 1 aliphatic rings. The van der Waals surface area contributed by atoms with Gasteiger partial charge in [0.2, 0.25) is 0 Å². The summed E-state index contributed by atoms with van der Waals surface area (Å²) in [7, 11) is 1.55. The lowest BCUT2D eigenvalue weighted by Crippen LogP contribution is -2.49. The molecule has 1 fully saturated rings. The second-order valence-corrected chi connectivity index (χ2v) is 3.77. The number of carboxylic acid groups (broad SMARTS) is 1. The highest BCUT2D eigenvalue weighted by Crippen LogP contribution is 2.35. The summed E-state index contributed by atoms with van der Waals surface area (Å²) in [6.07, 6.45) is 0.904. The quantitative estimate of drug-likeness (QED) is 0.600. The predicted molar refractivity (Wildman–Crippen MR) is 52.6 cm³/mol. The minimum Gasteiger partial charge on any atom is -0.480 e. The second-order valence-electron chi connectivity index (χ2n) is 3.77. The van der Waals surface area contributed by atoms with Gasteiger partial charge in [-0.05, 0) is 19.8 Å². The lowest BCUT2D eigenvalue weighted by Gasteiger charge is -2.15. The van der Waals surface area contributed by atoms with Crippen LogP contribution in [0.2, 0.25) is 0 Å². The van der Waals surface area contributed by atoms with Crippen molar-refractivity contribution in [2.75, 3.05) is 13.7 Å². The van der Waals surface area contributed by atoms with Crippen molar-refractivity contribution in [2.45, 2.75) is 31.4 Å². The number of aliphatic carboxylic acids is 1. The molecule has 0 saturated heterocycles. The Balaban J connectivity index is 2.28. The predicted octanol–water partition coefficient (Wildman–Crippen LogP) is -0.0623. The van der Waals surface area contributed by atoms with Gasteiger partial charge in [-0.1, -0.05) is 0 Å². The normalized spacial score (nSPS) is 19.1. The molecule has 2 amide bonds. The van der Waals surface area contributed by atoms with Crippen molar-refractivity contribution in [3.63, 3.8) is 0 Å². The zero-order valence-electron chi connectivity index (χ0n) is 8.87. The maximum Gasteiger partial charge on any atom is 0.329 e. The third-order valence-corrected chi connectivity index (χ3v) is 2.46. The van der Waals surface area contributed by atoms with Gasteiger partial charge in [0, 0.05) is 13.7 Å². The monoisotopic (exact) mass is 216 g/mol. The van der Waals surface area contributed by atoms with E-state index >= 15 is 0 Å². The first-order chi connectivity index (χ1) is 7.00. The van der Waals surface area contributed by atoms with Gasteiger partial charge < -0.3 is 20.5 Å². The highest BCUT2D eigenvalue weighted by atomic mass is 16.5. The van der Waals surface area contributed by atoms with Gasteiger partial charge in [0.1, 0.15) is 5.54 Å². The standard InChI is InChI=1S/C9H16N2O4/c1-6(15-2)5-10-8(14)11-9(3-4-9)7(12)13/h6H,3-5H2,1-2H3,(H,12,13)(H2,10,11,14). The van der Waals surface area contributed by atoms with Gasteiger partial charge in [-0.15, -0.1) is 0 Å². The highest BCUT2D eigenvalue weighted by Gasteiger charge is 2.51. The lowest BCUT2D eigenvalue weighted by molar-refractivity contribution is -0.140. The second kappa shape index (κ2) is 4.48. The molecule has 1 aliphatic carbocycles. The highest BCUT2D eigenvalue weighted by molar-refractivity contribution is 5.88. The number of rotatable bonds is 5. The summed E-state index contributed by atoms with van der Waals surface area (Å²) in [4.78, 5) is 22.0. The van der Waals surface area contributed by atoms with E-state index in [1.807, 2.05) is 6.92 Å². The van der Waals surface area contributed by atoms with Crippen LogP contribution in [-0.4, -0.2) is 42.4 Å². The Morgan fingerprint density at radius 2 is 2.13 bits per heavy atom. The molecule has 86 valence electrons. The largest absolute Gasteiger partial charge is 0.480 e. The van der Waals surface area contributed by atoms with E-state index in [2.05, 4.69) is 10.6 Å².